The molecule has 0 radical (unpaired) electrons. The molecule has 0 aromatic carbocycles. The van der Waals surface area contributed by atoms with E-state index < -0.39 is 0 Å². The molecule has 3 heteroatoms. The fourth-order valence-electron chi connectivity index (χ4n) is 8.04. The van der Waals surface area contributed by atoms with Crippen molar-refractivity contribution >= 4 is 5.78 Å². The number of hydrogen-bond donors (Lipinski definition) is 2. The van der Waals surface area contributed by atoms with Gasteiger partial charge in [0.25, 0.3) is 0 Å². The minimum absolute atomic E-state index is 0.0472. The van der Waals surface area contributed by atoms with Gasteiger partial charge in [-0.2, -0.15) is 0 Å². The van der Waals surface area contributed by atoms with Crippen molar-refractivity contribution in [3.8, 4) is 0 Å². The van der Waals surface area contributed by atoms with Gasteiger partial charge in [-0.05, 0) is 68.1 Å². The van der Waals surface area contributed by atoms with Crippen molar-refractivity contribution in [2.24, 2.45) is 34.0 Å². The lowest BCUT2D eigenvalue weighted by molar-refractivity contribution is -0.128. The summed E-state index contributed by atoms with van der Waals surface area (Å²) in [7, 11) is 0. The lowest BCUT2D eigenvalue weighted by atomic mass is 9.50. The number of fused-ring (bicyclic) bond motifs is 3. The van der Waals surface area contributed by atoms with Crippen molar-refractivity contribution in [3.05, 3.63) is 0 Å². The standard InChI is InChI=1S/C19H28O3/c1-17-7-6-14-12(13(17)2-3-15(17)21)5-8-18-10-11(20)4-9-19(14,18)16(18)22/h12-16,21-22H,2-10H2,1H3/t12-,13-,14-,15-,16-,17-,18?,19+/m0/s1. The number of carbonyl (C=O) groups excluding carboxylic acids is 1. The lowest BCUT2D eigenvalue weighted by Gasteiger charge is -2.54. The Morgan fingerprint density at radius 3 is 2.64 bits per heavy atom. The zero-order valence-electron chi connectivity index (χ0n) is 13.6. The predicted octanol–water partition coefficient (Wildman–Crippen LogP) is 2.68. The van der Waals surface area contributed by atoms with Gasteiger partial charge in [-0.15, -0.1) is 0 Å². The van der Waals surface area contributed by atoms with E-state index >= 15 is 0 Å². The Balaban J connectivity index is 1.52. The summed E-state index contributed by atoms with van der Waals surface area (Å²) in [6, 6.07) is 0. The summed E-state index contributed by atoms with van der Waals surface area (Å²) in [5.41, 5.74) is 0.134. The first-order valence-electron chi connectivity index (χ1n) is 9.33. The largest absolute Gasteiger partial charge is 0.393 e. The highest BCUT2D eigenvalue weighted by atomic mass is 16.3. The molecule has 0 aromatic heterocycles. The molecule has 0 saturated heterocycles. The molecule has 3 nitrogen and oxygen atoms in total. The third kappa shape index (κ3) is 1.28. The second-order valence-corrected chi connectivity index (χ2v) is 9.37. The molecule has 5 aliphatic carbocycles. The molecule has 2 N–H and O–H groups in total. The Kier molecular flexibility index (Phi) is 2.52. The van der Waals surface area contributed by atoms with E-state index in [9.17, 15) is 15.0 Å². The molecular weight excluding hydrogens is 276 g/mol. The van der Waals surface area contributed by atoms with Crippen LogP contribution >= 0.6 is 0 Å². The van der Waals surface area contributed by atoms with Gasteiger partial charge in [0.1, 0.15) is 5.78 Å². The average molecular weight is 304 g/mol. The molecule has 0 aromatic rings. The summed E-state index contributed by atoms with van der Waals surface area (Å²) in [6.07, 6.45) is 8.51. The number of aliphatic hydroxyl groups excluding tert-OH is 2. The average Bonchev–Trinajstić information content (AvgIpc) is 2.89. The molecule has 0 spiro atoms. The summed E-state index contributed by atoms with van der Waals surface area (Å²) in [5.74, 6) is 2.30. The van der Waals surface area contributed by atoms with E-state index in [1.165, 1.54) is 6.42 Å². The quantitative estimate of drug-likeness (QED) is 0.723. The van der Waals surface area contributed by atoms with Gasteiger partial charge in [0.2, 0.25) is 0 Å². The number of hydrogen-bond acceptors (Lipinski definition) is 3. The summed E-state index contributed by atoms with van der Waals surface area (Å²) in [4.78, 5) is 12.0. The van der Waals surface area contributed by atoms with Crippen LogP contribution in [0, 0.1) is 34.0 Å². The van der Waals surface area contributed by atoms with Crippen molar-refractivity contribution in [2.45, 2.75) is 76.9 Å². The first-order chi connectivity index (χ1) is 10.5. The van der Waals surface area contributed by atoms with Gasteiger partial charge < -0.3 is 10.2 Å². The van der Waals surface area contributed by atoms with Crippen molar-refractivity contribution in [3.63, 3.8) is 0 Å². The molecule has 5 aliphatic rings. The topological polar surface area (TPSA) is 57.5 Å². The van der Waals surface area contributed by atoms with Crippen LogP contribution in [0.4, 0.5) is 0 Å². The van der Waals surface area contributed by atoms with Crippen LogP contribution in [0.1, 0.15) is 64.7 Å². The van der Waals surface area contributed by atoms with Crippen molar-refractivity contribution in [2.75, 3.05) is 0 Å². The van der Waals surface area contributed by atoms with Crippen LogP contribution in [0.5, 0.6) is 0 Å². The molecule has 0 amide bonds. The zero-order chi connectivity index (χ0) is 15.3. The smallest absolute Gasteiger partial charge is 0.133 e. The van der Waals surface area contributed by atoms with E-state index in [-0.39, 0.29) is 28.5 Å². The maximum Gasteiger partial charge on any atom is 0.133 e. The van der Waals surface area contributed by atoms with Crippen LogP contribution in [-0.2, 0) is 4.79 Å². The monoisotopic (exact) mass is 304 g/mol. The molecule has 5 rings (SSSR count). The molecule has 122 valence electrons. The molecule has 1 unspecified atom stereocenters. The first-order valence-corrected chi connectivity index (χ1v) is 9.33. The maximum absolute atomic E-state index is 12.0. The van der Waals surface area contributed by atoms with Gasteiger partial charge in [-0.25, -0.2) is 0 Å². The molecule has 5 fully saturated rings. The number of aliphatic hydroxyl groups is 2. The van der Waals surface area contributed by atoms with E-state index in [4.69, 9.17) is 0 Å². The molecule has 5 saturated carbocycles. The third-order valence-corrected chi connectivity index (χ3v) is 9.16. The minimum atomic E-state index is -0.225. The Bertz CT molecular complexity index is 545. The van der Waals surface area contributed by atoms with Gasteiger partial charge in [0.05, 0.1) is 12.2 Å². The van der Waals surface area contributed by atoms with Crippen LogP contribution in [0.15, 0.2) is 0 Å². The lowest BCUT2D eigenvalue weighted by Crippen LogP contribution is -2.49. The summed E-state index contributed by atoms with van der Waals surface area (Å²) in [5, 5.41) is 21.4. The van der Waals surface area contributed by atoms with Crippen LogP contribution in [0.2, 0.25) is 0 Å². The summed E-state index contributed by atoms with van der Waals surface area (Å²) >= 11 is 0. The summed E-state index contributed by atoms with van der Waals surface area (Å²) in [6.45, 7) is 2.30. The van der Waals surface area contributed by atoms with Crippen LogP contribution in [-0.4, -0.2) is 28.2 Å². The van der Waals surface area contributed by atoms with Crippen LogP contribution in [0.25, 0.3) is 0 Å². The minimum Gasteiger partial charge on any atom is -0.393 e. The fourth-order valence-corrected chi connectivity index (χ4v) is 8.04. The van der Waals surface area contributed by atoms with Crippen molar-refractivity contribution < 1.29 is 15.0 Å². The predicted molar refractivity (Wildman–Crippen MR) is 82.0 cm³/mol. The second-order valence-electron chi connectivity index (χ2n) is 9.37. The second kappa shape index (κ2) is 3.97. The SMILES string of the molecule is C[C@]12CC[C@H]3[C@@H](CCC45CC(=O)CC[C@]34[C@H]5O)[C@@H]1CC[C@@H]2O. The normalized spacial score (nSPS) is 62.7. The molecule has 22 heavy (non-hydrogen) atoms. The molecule has 0 aliphatic heterocycles. The van der Waals surface area contributed by atoms with Crippen molar-refractivity contribution in [1.82, 2.24) is 0 Å². The molecule has 8 atom stereocenters. The van der Waals surface area contributed by atoms with E-state index in [1.807, 2.05) is 0 Å². The fraction of sp³-hybridized carbons (Fsp3) is 0.947. The molecule has 0 heterocycles. The third-order valence-electron chi connectivity index (χ3n) is 9.16. The van der Waals surface area contributed by atoms with Gasteiger partial charge in [-0.3, -0.25) is 4.79 Å². The Morgan fingerprint density at radius 2 is 1.82 bits per heavy atom. The number of rotatable bonds is 0. The Labute approximate surface area is 132 Å². The van der Waals surface area contributed by atoms with Crippen LogP contribution in [0.3, 0.4) is 0 Å². The Hall–Kier alpha value is -0.410. The van der Waals surface area contributed by atoms with Gasteiger partial charge in [0.15, 0.2) is 0 Å². The van der Waals surface area contributed by atoms with Gasteiger partial charge in [0, 0.05) is 23.7 Å². The van der Waals surface area contributed by atoms with E-state index in [0.29, 0.717) is 36.4 Å². The van der Waals surface area contributed by atoms with E-state index in [0.717, 1.165) is 38.5 Å². The molecular formula is C19H28O3. The highest BCUT2D eigenvalue weighted by Gasteiger charge is 2.82. The van der Waals surface area contributed by atoms with Crippen molar-refractivity contribution in [1.29, 1.82) is 0 Å². The number of ketones is 1. The molecule has 0 bridgehead atoms. The van der Waals surface area contributed by atoms with Crippen LogP contribution < -0.4 is 0 Å². The van der Waals surface area contributed by atoms with E-state index in [2.05, 4.69) is 6.92 Å². The van der Waals surface area contributed by atoms with Gasteiger partial charge in [-0.1, -0.05) is 6.92 Å². The highest BCUT2D eigenvalue weighted by Crippen LogP contribution is 2.82. The first kappa shape index (κ1) is 14.0. The van der Waals surface area contributed by atoms with E-state index in [1.54, 1.807) is 0 Å². The Morgan fingerprint density at radius 1 is 1.00 bits per heavy atom. The zero-order valence-corrected chi connectivity index (χ0v) is 13.6. The number of carbonyl (C=O) groups is 1. The highest BCUT2D eigenvalue weighted by molar-refractivity contribution is 5.82. The summed E-state index contributed by atoms with van der Waals surface area (Å²) < 4.78 is 0. The van der Waals surface area contributed by atoms with Gasteiger partial charge >= 0.3 is 0 Å². The maximum atomic E-state index is 12.0. The number of Topliss-reactive ketones (excluding diaryl/α,β-unsaturated/α-hetero) is 1.